The van der Waals surface area contributed by atoms with Gasteiger partial charge in [-0.05, 0) is 43.3 Å². The first-order valence-electron chi connectivity index (χ1n) is 7.75. The minimum atomic E-state index is -1.37. The first kappa shape index (κ1) is 17.1. The smallest absolute Gasteiger partial charge is 0.449 e. The number of hydrogen-bond acceptors (Lipinski definition) is 6. The van der Waals surface area contributed by atoms with Gasteiger partial charge in [-0.2, -0.15) is 0 Å². The van der Waals surface area contributed by atoms with Crippen molar-refractivity contribution in [2.75, 3.05) is 11.9 Å². The third-order valence-corrected chi connectivity index (χ3v) is 3.34. The summed E-state index contributed by atoms with van der Waals surface area (Å²) in [6.45, 7) is 2.31. The molecule has 0 saturated heterocycles. The highest BCUT2D eigenvalue weighted by Crippen LogP contribution is 2.22. The predicted molar refractivity (Wildman–Crippen MR) is 94.1 cm³/mol. The van der Waals surface area contributed by atoms with E-state index >= 15 is 0 Å². The molecule has 0 spiro atoms. The van der Waals surface area contributed by atoms with E-state index in [0.29, 0.717) is 29.2 Å². The Hall–Kier alpha value is -3.75. The average molecular weight is 353 g/mol. The number of ether oxygens (including phenoxy) is 1. The van der Waals surface area contributed by atoms with Gasteiger partial charge in [-0.1, -0.05) is 0 Å². The summed E-state index contributed by atoms with van der Waals surface area (Å²) in [5.74, 6) is 0.508. The Morgan fingerprint density at radius 2 is 1.88 bits per heavy atom. The van der Waals surface area contributed by atoms with Gasteiger partial charge in [-0.25, -0.2) is 24.5 Å². The molecule has 0 saturated carbocycles. The lowest BCUT2D eigenvalue weighted by Gasteiger charge is -2.07. The van der Waals surface area contributed by atoms with Crippen molar-refractivity contribution in [1.29, 1.82) is 0 Å². The fourth-order valence-electron chi connectivity index (χ4n) is 2.23. The average Bonchev–Trinajstić information content (AvgIpc) is 2.61. The third kappa shape index (κ3) is 4.01. The van der Waals surface area contributed by atoms with Gasteiger partial charge in [0, 0.05) is 12.1 Å². The first-order valence-corrected chi connectivity index (χ1v) is 7.75. The summed E-state index contributed by atoms with van der Waals surface area (Å²) in [7, 11) is 0. The number of amides is 2. The second-order valence-electron chi connectivity index (χ2n) is 5.17. The number of pyridine rings is 1. The Labute approximate surface area is 148 Å². The van der Waals surface area contributed by atoms with Gasteiger partial charge in [-0.3, -0.25) is 5.32 Å². The summed E-state index contributed by atoms with van der Waals surface area (Å²) >= 11 is 0. The fourth-order valence-corrected chi connectivity index (χ4v) is 2.23. The van der Waals surface area contributed by atoms with Gasteiger partial charge in [0.1, 0.15) is 11.3 Å². The number of carboxylic acid groups (broad SMARTS) is 1. The SMILES string of the molecule is CCNC(=O)Nc1cnc2ccc(-c3ccc(OC(=O)O)cc3)nc2n1. The van der Waals surface area contributed by atoms with Crippen LogP contribution in [0.5, 0.6) is 5.75 Å². The van der Waals surface area contributed by atoms with Gasteiger partial charge >= 0.3 is 12.2 Å². The molecule has 9 heteroatoms. The standard InChI is InChI=1S/C17H15N5O4/c1-2-18-16(23)22-14-9-19-13-8-7-12(20-15(13)21-14)10-3-5-11(6-4-10)26-17(24)25/h3-9H,2H2,1H3,(H,24,25)(H2,18,20,21,22,23). The minimum absolute atomic E-state index is 0.218. The molecule has 2 heterocycles. The molecular formula is C17H15N5O4. The molecule has 0 unspecified atom stereocenters. The Kier molecular flexibility index (Phi) is 4.88. The second-order valence-corrected chi connectivity index (χ2v) is 5.17. The molecule has 3 N–H and O–H groups in total. The van der Waals surface area contributed by atoms with Crippen LogP contribution in [0.1, 0.15) is 6.92 Å². The van der Waals surface area contributed by atoms with Crippen LogP contribution in [0.3, 0.4) is 0 Å². The van der Waals surface area contributed by atoms with E-state index < -0.39 is 6.16 Å². The van der Waals surface area contributed by atoms with Crippen LogP contribution in [-0.2, 0) is 0 Å². The Bertz CT molecular complexity index is 959. The molecule has 0 aliphatic heterocycles. The molecular weight excluding hydrogens is 338 g/mol. The third-order valence-electron chi connectivity index (χ3n) is 3.34. The molecule has 26 heavy (non-hydrogen) atoms. The summed E-state index contributed by atoms with van der Waals surface area (Å²) < 4.78 is 4.58. The van der Waals surface area contributed by atoms with Crippen molar-refractivity contribution in [1.82, 2.24) is 20.3 Å². The number of anilines is 1. The van der Waals surface area contributed by atoms with Gasteiger partial charge < -0.3 is 15.2 Å². The van der Waals surface area contributed by atoms with E-state index in [-0.39, 0.29) is 11.8 Å². The molecule has 0 atom stereocenters. The lowest BCUT2D eigenvalue weighted by Crippen LogP contribution is -2.28. The van der Waals surface area contributed by atoms with E-state index in [2.05, 4.69) is 30.3 Å². The molecule has 2 aromatic heterocycles. The van der Waals surface area contributed by atoms with Gasteiger partial charge in [0.15, 0.2) is 11.5 Å². The predicted octanol–water partition coefficient (Wildman–Crippen LogP) is 2.89. The molecule has 0 aliphatic carbocycles. The van der Waals surface area contributed by atoms with Gasteiger partial charge in [0.05, 0.1) is 11.9 Å². The molecule has 1 aromatic carbocycles. The van der Waals surface area contributed by atoms with Crippen molar-refractivity contribution in [2.24, 2.45) is 0 Å². The number of urea groups is 1. The summed E-state index contributed by atoms with van der Waals surface area (Å²) in [4.78, 5) is 35.1. The van der Waals surface area contributed by atoms with Crippen LogP contribution in [-0.4, -0.2) is 38.8 Å². The summed E-state index contributed by atoms with van der Waals surface area (Å²) in [6, 6.07) is 9.63. The number of aromatic nitrogens is 3. The molecule has 9 nitrogen and oxygen atoms in total. The Morgan fingerprint density at radius 1 is 1.12 bits per heavy atom. The van der Waals surface area contributed by atoms with Crippen LogP contribution in [0.2, 0.25) is 0 Å². The minimum Gasteiger partial charge on any atom is -0.449 e. The van der Waals surface area contributed by atoms with E-state index in [0.717, 1.165) is 5.56 Å². The normalized spacial score (nSPS) is 10.3. The highest BCUT2D eigenvalue weighted by molar-refractivity contribution is 5.89. The molecule has 0 radical (unpaired) electrons. The number of rotatable bonds is 4. The Morgan fingerprint density at radius 3 is 2.58 bits per heavy atom. The number of nitrogens with one attached hydrogen (secondary N) is 2. The zero-order valence-electron chi connectivity index (χ0n) is 13.8. The zero-order chi connectivity index (χ0) is 18.5. The lowest BCUT2D eigenvalue weighted by atomic mass is 10.1. The van der Waals surface area contributed by atoms with Crippen molar-refractivity contribution in [3.8, 4) is 17.0 Å². The molecule has 2 amide bonds. The van der Waals surface area contributed by atoms with E-state index in [1.54, 1.807) is 24.3 Å². The van der Waals surface area contributed by atoms with Crippen molar-refractivity contribution in [3.05, 3.63) is 42.6 Å². The molecule has 3 rings (SSSR count). The van der Waals surface area contributed by atoms with Crippen molar-refractivity contribution in [2.45, 2.75) is 6.92 Å². The lowest BCUT2D eigenvalue weighted by molar-refractivity contribution is 0.144. The van der Waals surface area contributed by atoms with Gasteiger partial charge in [-0.15, -0.1) is 0 Å². The molecule has 132 valence electrons. The zero-order valence-corrected chi connectivity index (χ0v) is 13.8. The maximum atomic E-state index is 11.6. The fraction of sp³-hybridized carbons (Fsp3) is 0.118. The van der Waals surface area contributed by atoms with E-state index in [4.69, 9.17) is 5.11 Å². The summed E-state index contributed by atoms with van der Waals surface area (Å²) in [6.07, 6.45) is 0.0840. The molecule has 0 fully saturated rings. The van der Waals surface area contributed by atoms with E-state index in [9.17, 15) is 9.59 Å². The highest BCUT2D eigenvalue weighted by atomic mass is 16.7. The molecule has 3 aromatic rings. The maximum absolute atomic E-state index is 11.6. The van der Waals surface area contributed by atoms with Crippen LogP contribution in [0, 0.1) is 0 Å². The van der Waals surface area contributed by atoms with Crippen LogP contribution < -0.4 is 15.4 Å². The number of fused-ring (bicyclic) bond motifs is 1. The van der Waals surface area contributed by atoms with Gasteiger partial charge in [0.25, 0.3) is 0 Å². The number of benzene rings is 1. The van der Waals surface area contributed by atoms with Gasteiger partial charge in [0.2, 0.25) is 0 Å². The van der Waals surface area contributed by atoms with Crippen molar-refractivity contribution < 1.29 is 19.4 Å². The van der Waals surface area contributed by atoms with E-state index in [1.165, 1.54) is 18.3 Å². The van der Waals surface area contributed by atoms with E-state index in [1.807, 2.05) is 6.92 Å². The quantitative estimate of drug-likeness (QED) is 0.486. The van der Waals surface area contributed by atoms with Crippen molar-refractivity contribution >= 4 is 29.2 Å². The largest absolute Gasteiger partial charge is 0.511 e. The number of hydrogen-bond donors (Lipinski definition) is 3. The topological polar surface area (TPSA) is 126 Å². The first-order chi connectivity index (χ1) is 12.5. The molecule has 0 aliphatic rings. The van der Waals surface area contributed by atoms with Crippen LogP contribution in [0.15, 0.2) is 42.6 Å². The highest BCUT2D eigenvalue weighted by Gasteiger charge is 2.08. The number of nitrogens with zero attached hydrogens (tertiary/aromatic N) is 3. The second kappa shape index (κ2) is 7.43. The van der Waals surface area contributed by atoms with Crippen molar-refractivity contribution in [3.63, 3.8) is 0 Å². The Balaban J connectivity index is 1.87. The van der Waals surface area contributed by atoms with Crippen LogP contribution in [0.25, 0.3) is 22.4 Å². The monoisotopic (exact) mass is 353 g/mol. The summed E-state index contributed by atoms with van der Waals surface area (Å²) in [5.41, 5.74) is 2.35. The summed E-state index contributed by atoms with van der Waals surface area (Å²) in [5, 5.41) is 13.8. The van der Waals surface area contributed by atoms with Crippen LogP contribution in [0.4, 0.5) is 15.4 Å². The van der Waals surface area contributed by atoms with Crippen LogP contribution >= 0.6 is 0 Å². The maximum Gasteiger partial charge on any atom is 0.511 e. The number of carbonyl (C=O) groups is 2. The molecule has 0 bridgehead atoms. The number of carbonyl (C=O) groups excluding carboxylic acids is 1.